The SMILES string of the molecule is Cc1cccc(C)c1NC[C@@H]1CCC(CC(C)OC[C@@H]2CCC(CC(C)CO/C=C3\CCCN3)N2)N1. The lowest BCUT2D eigenvalue weighted by atomic mass is 10.0. The fraction of sp³-hybridized carbons (Fsp3) is 0.733. The number of hydrogen-bond donors (Lipinski definition) is 4. The molecule has 0 aliphatic carbocycles. The molecular weight excluding hydrogens is 448 g/mol. The summed E-state index contributed by atoms with van der Waals surface area (Å²) < 4.78 is 12.1. The van der Waals surface area contributed by atoms with Crippen molar-refractivity contribution in [3.05, 3.63) is 41.3 Å². The van der Waals surface area contributed by atoms with Gasteiger partial charge in [0, 0.05) is 48.6 Å². The first kappa shape index (κ1) is 27.3. The molecule has 6 heteroatoms. The van der Waals surface area contributed by atoms with Crippen LogP contribution in [-0.2, 0) is 9.47 Å². The lowest BCUT2D eigenvalue weighted by molar-refractivity contribution is 0.0412. The summed E-state index contributed by atoms with van der Waals surface area (Å²) in [6, 6.07) is 8.67. The van der Waals surface area contributed by atoms with Crippen LogP contribution >= 0.6 is 0 Å². The van der Waals surface area contributed by atoms with Crippen LogP contribution in [0, 0.1) is 19.8 Å². The Morgan fingerprint density at radius 3 is 2.42 bits per heavy atom. The minimum absolute atomic E-state index is 0.290. The highest BCUT2D eigenvalue weighted by atomic mass is 16.5. The molecule has 0 amide bonds. The predicted octanol–water partition coefficient (Wildman–Crippen LogP) is 5.02. The van der Waals surface area contributed by atoms with Crippen molar-refractivity contribution in [1.82, 2.24) is 16.0 Å². The molecule has 1 aromatic carbocycles. The zero-order valence-electron chi connectivity index (χ0n) is 23.1. The van der Waals surface area contributed by atoms with Crippen molar-refractivity contribution in [3.63, 3.8) is 0 Å². The predicted molar refractivity (Wildman–Crippen MR) is 149 cm³/mol. The molecule has 3 aliphatic rings. The normalized spacial score (nSPS) is 28.8. The van der Waals surface area contributed by atoms with Crippen LogP contribution in [0.1, 0.15) is 76.3 Å². The Morgan fingerprint density at radius 1 is 0.972 bits per heavy atom. The van der Waals surface area contributed by atoms with Gasteiger partial charge in [0.15, 0.2) is 0 Å². The number of rotatable bonds is 13. The number of benzene rings is 1. The van der Waals surface area contributed by atoms with E-state index in [1.54, 1.807) is 0 Å². The Bertz CT molecular complexity index is 816. The van der Waals surface area contributed by atoms with E-state index >= 15 is 0 Å². The molecule has 0 saturated carbocycles. The van der Waals surface area contributed by atoms with Crippen LogP contribution in [0.2, 0.25) is 0 Å². The molecule has 0 bridgehead atoms. The average molecular weight is 499 g/mol. The molecule has 4 rings (SSSR count). The molecular formula is C30H50N4O2. The Hall–Kier alpha value is -1.76. The van der Waals surface area contributed by atoms with Gasteiger partial charge in [0.1, 0.15) is 6.26 Å². The van der Waals surface area contributed by atoms with Gasteiger partial charge in [-0.05, 0) is 89.2 Å². The molecule has 3 fully saturated rings. The van der Waals surface area contributed by atoms with Crippen LogP contribution in [0.3, 0.4) is 0 Å². The molecule has 4 N–H and O–H groups in total. The lowest BCUT2D eigenvalue weighted by Gasteiger charge is -2.22. The van der Waals surface area contributed by atoms with Gasteiger partial charge >= 0.3 is 0 Å². The highest BCUT2D eigenvalue weighted by molar-refractivity contribution is 5.56. The fourth-order valence-corrected chi connectivity index (χ4v) is 6.12. The Morgan fingerprint density at radius 2 is 1.67 bits per heavy atom. The Kier molecular flexibility index (Phi) is 10.4. The summed E-state index contributed by atoms with van der Waals surface area (Å²) >= 11 is 0. The molecule has 202 valence electrons. The minimum Gasteiger partial charge on any atom is -0.499 e. The van der Waals surface area contributed by atoms with Gasteiger partial charge in [-0.3, -0.25) is 0 Å². The van der Waals surface area contributed by atoms with Crippen molar-refractivity contribution in [2.24, 2.45) is 5.92 Å². The average Bonchev–Trinajstić information content (AvgIpc) is 3.61. The topological polar surface area (TPSA) is 66.6 Å². The number of nitrogens with one attached hydrogen (secondary N) is 4. The second-order valence-electron chi connectivity index (χ2n) is 11.7. The molecule has 3 heterocycles. The van der Waals surface area contributed by atoms with Crippen LogP contribution in [-0.4, -0.2) is 56.6 Å². The zero-order chi connectivity index (χ0) is 25.3. The van der Waals surface area contributed by atoms with Crippen LogP contribution in [0.4, 0.5) is 5.69 Å². The summed E-state index contributed by atoms with van der Waals surface area (Å²) in [5, 5.41) is 14.7. The van der Waals surface area contributed by atoms with E-state index in [1.165, 1.54) is 61.0 Å². The van der Waals surface area contributed by atoms with E-state index in [0.717, 1.165) is 39.1 Å². The first-order chi connectivity index (χ1) is 17.5. The number of ether oxygens (including phenoxy) is 2. The highest BCUT2D eigenvalue weighted by Gasteiger charge is 2.28. The van der Waals surface area contributed by atoms with Crippen molar-refractivity contribution in [3.8, 4) is 0 Å². The van der Waals surface area contributed by atoms with Crippen LogP contribution < -0.4 is 21.3 Å². The third-order valence-corrected chi connectivity index (χ3v) is 8.14. The van der Waals surface area contributed by atoms with Crippen molar-refractivity contribution in [2.75, 3.05) is 31.6 Å². The van der Waals surface area contributed by atoms with Crippen LogP contribution in [0.25, 0.3) is 0 Å². The monoisotopic (exact) mass is 498 g/mol. The molecule has 0 spiro atoms. The molecule has 6 atom stereocenters. The molecule has 0 aromatic heterocycles. The summed E-state index contributed by atoms with van der Waals surface area (Å²) in [4.78, 5) is 0. The summed E-state index contributed by atoms with van der Waals surface area (Å²) in [6.07, 6.45) is 11.8. The van der Waals surface area contributed by atoms with E-state index in [1.807, 2.05) is 6.26 Å². The highest BCUT2D eigenvalue weighted by Crippen LogP contribution is 2.23. The number of aryl methyl sites for hydroxylation is 2. The number of anilines is 1. The molecule has 3 aliphatic heterocycles. The number of hydrogen-bond acceptors (Lipinski definition) is 6. The largest absolute Gasteiger partial charge is 0.499 e. The second kappa shape index (κ2) is 13.7. The molecule has 4 unspecified atom stereocenters. The molecule has 6 nitrogen and oxygen atoms in total. The quantitative estimate of drug-likeness (QED) is 0.287. The van der Waals surface area contributed by atoms with Gasteiger partial charge in [-0.1, -0.05) is 25.1 Å². The maximum atomic E-state index is 6.30. The van der Waals surface area contributed by atoms with Gasteiger partial charge in [-0.2, -0.15) is 0 Å². The van der Waals surface area contributed by atoms with Gasteiger partial charge in [0.05, 0.1) is 19.3 Å². The van der Waals surface area contributed by atoms with Gasteiger partial charge in [0.2, 0.25) is 0 Å². The molecule has 3 saturated heterocycles. The molecule has 0 radical (unpaired) electrons. The van der Waals surface area contributed by atoms with E-state index in [-0.39, 0.29) is 0 Å². The third-order valence-electron chi connectivity index (χ3n) is 8.14. The number of para-hydroxylation sites is 1. The first-order valence-electron chi connectivity index (χ1n) is 14.4. The lowest BCUT2D eigenvalue weighted by Crippen LogP contribution is -2.38. The van der Waals surface area contributed by atoms with Gasteiger partial charge in [-0.15, -0.1) is 0 Å². The van der Waals surface area contributed by atoms with Gasteiger partial charge < -0.3 is 30.7 Å². The Balaban J connectivity index is 1.07. The summed E-state index contributed by atoms with van der Waals surface area (Å²) in [7, 11) is 0. The third kappa shape index (κ3) is 8.39. The van der Waals surface area contributed by atoms with Crippen molar-refractivity contribution < 1.29 is 9.47 Å². The van der Waals surface area contributed by atoms with E-state index in [4.69, 9.17) is 9.47 Å². The minimum atomic E-state index is 0.290. The molecule has 1 aromatic rings. The van der Waals surface area contributed by atoms with E-state index in [0.29, 0.717) is 36.2 Å². The number of allylic oxidation sites excluding steroid dienone is 1. The van der Waals surface area contributed by atoms with Gasteiger partial charge in [-0.25, -0.2) is 0 Å². The first-order valence-corrected chi connectivity index (χ1v) is 14.4. The fourth-order valence-electron chi connectivity index (χ4n) is 6.12. The van der Waals surface area contributed by atoms with Crippen molar-refractivity contribution >= 4 is 5.69 Å². The smallest absolute Gasteiger partial charge is 0.102 e. The van der Waals surface area contributed by atoms with E-state index in [2.05, 4.69) is 67.2 Å². The van der Waals surface area contributed by atoms with Crippen molar-refractivity contribution in [1.29, 1.82) is 0 Å². The standard InChI is InChI=1S/C30H50N4O2/c1-21(18-35-19-28-9-6-14-31-28)15-25-11-13-29(34-25)20-36-24(4)16-26-10-12-27(33-26)17-32-30-22(2)7-5-8-23(30)3/h5,7-8,19,21,24-27,29,31-34H,6,9-18,20H2,1-4H3/b28-19+/t21?,24?,25?,26?,27-,29-/m0/s1. The zero-order valence-corrected chi connectivity index (χ0v) is 23.1. The maximum absolute atomic E-state index is 6.30. The van der Waals surface area contributed by atoms with Crippen LogP contribution in [0.5, 0.6) is 0 Å². The Labute approximate surface area is 219 Å². The van der Waals surface area contributed by atoms with Crippen LogP contribution in [0.15, 0.2) is 30.2 Å². The van der Waals surface area contributed by atoms with E-state index < -0.39 is 0 Å². The summed E-state index contributed by atoms with van der Waals surface area (Å²) in [5.41, 5.74) is 5.20. The molecule has 36 heavy (non-hydrogen) atoms. The maximum Gasteiger partial charge on any atom is 0.102 e. The van der Waals surface area contributed by atoms with Crippen molar-refractivity contribution in [2.45, 2.75) is 109 Å². The van der Waals surface area contributed by atoms with Gasteiger partial charge in [0.25, 0.3) is 0 Å². The second-order valence-corrected chi connectivity index (χ2v) is 11.7. The van der Waals surface area contributed by atoms with E-state index in [9.17, 15) is 0 Å². The summed E-state index contributed by atoms with van der Waals surface area (Å²) in [5.74, 6) is 0.560. The summed E-state index contributed by atoms with van der Waals surface area (Å²) in [6.45, 7) is 12.6.